The number of carbonyl (C=O) groups is 3. The Hall–Kier alpha value is -2.28. The van der Waals surface area contributed by atoms with Crippen LogP contribution < -0.4 is 10.2 Å². The SMILES string of the molecule is CC[C@H](NC(=O)OC(C)(C)C)C(=O)N1c2cccc(Cl)c2C[C@@H]1C(=O)O. The molecule has 2 atom stereocenters. The Kier molecular flexibility index (Phi) is 5.81. The molecule has 0 aromatic heterocycles. The van der Waals surface area contributed by atoms with Gasteiger partial charge in [0.25, 0.3) is 5.91 Å². The second-order valence-corrected chi connectivity index (χ2v) is 7.52. The minimum atomic E-state index is -1.13. The lowest BCUT2D eigenvalue weighted by Crippen LogP contribution is -2.53. The van der Waals surface area contributed by atoms with Gasteiger partial charge in [-0.15, -0.1) is 0 Å². The first kappa shape index (κ1) is 20.0. The number of halogens is 1. The second kappa shape index (κ2) is 7.53. The van der Waals surface area contributed by atoms with Gasteiger partial charge in [-0.25, -0.2) is 9.59 Å². The Labute approximate surface area is 157 Å². The molecule has 0 spiro atoms. The Morgan fingerprint density at radius 3 is 2.58 bits per heavy atom. The van der Waals surface area contributed by atoms with Crippen molar-refractivity contribution in [1.82, 2.24) is 5.32 Å². The van der Waals surface area contributed by atoms with E-state index < -0.39 is 35.7 Å². The minimum absolute atomic E-state index is 0.124. The number of hydrogen-bond donors (Lipinski definition) is 2. The summed E-state index contributed by atoms with van der Waals surface area (Å²) in [4.78, 5) is 37.9. The molecule has 2 rings (SSSR count). The van der Waals surface area contributed by atoms with Crippen molar-refractivity contribution in [2.45, 2.75) is 58.2 Å². The number of anilines is 1. The van der Waals surface area contributed by atoms with Crippen LogP contribution in [0.25, 0.3) is 0 Å². The van der Waals surface area contributed by atoms with Gasteiger partial charge < -0.3 is 15.2 Å². The molecule has 7 nitrogen and oxygen atoms in total. The number of carbonyl (C=O) groups excluding carboxylic acids is 2. The number of hydrogen-bond acceptors (Lipinski definition) is 4. The predicted octanol–water partition coefficient (Wildman–Crippen LogP) is 2.99. The van der Waals surface area contributed by atoms with Crippen molar-refractivity contribution in [3.63, 3.8) is 0 Å². The van der Waals surface area contributed by atoms with Crippen LogP contribution in [0.2, 0.25) is 5.02 Å². The van der Waals surface area contributed by atoms with Gasteiger partial charge in [0.2, 0.25) is 0 Å². The third-order valence-corrected chi connectivity index (χ3v) is 4.34. The predicted molar refractivity (Wildman–Crippen MR) is 97.5 cm³/mol. The molecule has 0 fully saturated rings. The van der Waals surface area contributed by atoms with E-state index in [0.29, 0.717) is 16.3 Å². The maximum Gasteiger partial charge on any atom is 0.408 e. The average molecular weight is 383 g/mol. The van der Waals surface area contributed by atoms with E-state index in [1.807, 2.05) is 0 Å². The van der Waals surface area contributed by atoms with Crippen molar-refractivity contribution >= 4 is 35.3 Å². The normalized spacial score (nSPS) is 17.4. The molecule has 1 aromatic rings. The van der Waals surface area contributed by atoms with E-state index in [2.05, 4.69) is 5.32 Å². The van der Waals surface area contributed by atoms with E-state index in [0.717, 1.165) is 0 Å². The summed E-state index contributed by atoms with van der Waals surface area (Å²) in [6, 6.07) is 3.00. The van der Waals surface area contributed by atoms with Crippen molar-refractivity contribution < 1.29 is 24.2 Å². The number of carboxylic acids is 1. The van der Waals surface area contributed by atoms with Gasteiger partial charge in [0.05, 0.1) is 0 Å². The monoisotopic (exact) mass is 382 g/mol. The number of amides is 2. The van der Waals surface area contributed by atoms with E-state index in [1.165, 1.54) is 4.90 Å². The van der Waals surface area contributed by atoms with Crippen molar-refractivity contribution in [2.75, 3.05) is 4.90 Å². The first-order valence-corrected chi connectivity index (χ1v) is 8.75. The molecule has 0 radical (unpaired) electrons. The average Bonchev–Trinajstić information content (AvgIpc) is 2.91. The standard InChI is InChI=1S/C18H23ClN2O5/c1-5-12(20-17(25)26-18(2,3)4)15(22)21-13-8-6-7-11(19)10(13)9-14(21)16(23)24/h6-8,12,14H,5,9H2,1-4H3,(H,20,25)(H,23,24)/t12-,14+/m0/s1. The van der Waals surface area contributed by atoms with Crippen LogP contribution in [0.3, 0.4) is 0 Å². The molecule has 1 aromatic carbocycles. The maximum atomic E-state index is 13.0. The summed E-state index contributed by atoms with van der Waals surface area (Å²) in [6.07, 6.45) is -0.314. The summed E-state index contributed by atoms with van der Waals surface area (Å²) in [5, 5.41) is 12.5. The van der Waals surface area contributed by atoms with Gasteiger partial charge in [-0.1, -0.05) is 24.6 Å². The fourth-order valence-electron chi connectivity index (χ4n) is 2.85. The zero-order valence-corrected chi connectivity index (χ0v) is 16.0. The number of ether oxygens (including phenoxy) is 1. The molecule has 0 aliphatic carbocycles. The molecule has 26 heavy (non-hydrogen) atoms. The minimum Gasteiger partial charge on any atom is -0.480 e. The van der Waals surface area contributed by atoms with Crippen LogP contribution in [-0.4, -0.2) is 40.8 Å². The van der Waals surface area contributed by atoms with E-state index in [4.69, 9.17) is 16.3 Å². The highest BCUT2D eigenvalue weighted by atomic mass is 35.5. The van der Waals surface area contributed by atoms with Gasteiger partial charge in [-0.3, -0.25) is 9.69 Å². The van der Waals surface area contributed by atoms with Gasteiger partial charge >= 0.3 is 12.1 Å². The van der Waals surface area contributed by atoms with Gasteiger partial charge in [0, 0.05) is 17.1 Å². The molecular weight excluding hydrogens is 360 g/mol. The van der Waals surface area contributed by atoms with Crippen molar-refractivity contribution in [3.8, 4) is 0 Å². The third-order valence-electron chi connectivity index (χ3n) is 3.98. The van der Waals surface area contributed by atoms with Gasteiger partial charge in [-0.2, -0.15) is 0 Å². The summed E-state index contributed by atoms with van der Waals surface area (Å²) >= 11 is 6.16. The van der Waals surface area contributed by atoms with E-state index in [9.17, 15) is 19.5 Å². The van der Waals surface area contributed by atoms with Crippen LogP contribution >= 0.6 is 11.6 Å². The summed E-state index contributed by atoms with van der Waals surface area (Å²) in [6.45, 7) is 6.88. The second-order valence-electron chi connectivity index (χ2n) is 7.11. The van der Waals surface area contributed by atoms with Crippen molar-refractivity contribution in [1.29, 1.82) is 0 Å². The number of nitrogens with zero attached hydrogens (tertiary/aromatic N) is 1. The van der Waals surface area contributed by atoms with E-state index >= 15 is 0 Å². The highest BCUT2D eigenvalue weighted by molar-refractivity contribution is 6.32. The van der Waals surface area contributed by atoms with Crippen LogP contribution in [0.1, 0.15) is 39.7 Å². The number of benzene rings is 1. The fraction of sp³-hybridized carbons (Fsp3) is 0.500. The first-order valence-electron chi connectivity index (χ1n) is 8.38. The highest BCUT2D eigenvalue weighted by Crippen LogP contribution is 2.37. The summed E-state index contributed by atoms with van der Waals surface area (Å²) in [7, 11) is 0. The molecule has 2 N–H and O–H groups in total. The molecule has 2 amide bonds. The van der Waals surface area contributed by atoms with E-state index in [-0.39, 0.29) is 12.8 Å². The molecule has 142 valence electrons. The van der Waals surface area contributed by atoms with Crippen LogP contribution in [0.4, 0.5) is 10.5 Å². The molecule has 0 bridgehead atoms. The van der Waals surface area contributed by atoms with Crippen molar-refractivity contribution in [3.05, 3.63) is 28.8 Å². The lowest BCUT2D eigenvalue weighted by atomic mass is 10.1. The zero-order chi connectivity index (χ0) is 19.6. The summed E-state index contributed by atoms with van der Waals surface area (Å²) in [5.74, 6) is -1.63. The lowest BCUT2D eigenvalue weighted by Gasteiger charge is -2.28. The number of carboxylic acid groups (broad SMARTS) is 1. The fourth-order valence-corrected chi connectivity index (χ4v) is 3.10. The van der Waals surface area contributed by atoms with Gasteiger partial charge in [0.1, 0.15) is 17.7 Å². The van der Waals surface area contributed by atoms with Crippen molar-refractivity contribution in [2.24, 2.45) is 0 Å². The molecule has 1 aliphatic heterocycles. The Morgan fingerprint density at radius 2 is 2.04 bits per heavy atom. The maximum absolute atomic E-state index is 13.0. The molecule has 0 unspecified atom stereocenters. The molecule has 1 heterocycles. The number of aliphatic carboxylic acids is 1. The topological polar surface area (TPSA) is 95.9 Å². The third kappa shape index (κ3) is 4.27. The smallest absolute Gasteiger partial charge is 0.408 e. The van der Waals surface area contributed by atoms with Crippen LogP contribution in [0.15, 0.2) is 18.2 Å². The Balaban J connectivity index is 2.28. The molecule has 8 heteroatoms. The van der Waals surface area contributed by atoms with Crippen LogP contribution in [0, 0.1) is 0 Å². The number of fused-ring (bicyclic) bond motifs is 1. The molecule has 0 saturated carbocycles. The Morgan fingerprint density at radius 1 is 1.38 bits per heavy atom. The Bertz CT molecular complexity index is 729. The number of rotatable bonds is 4. The summed E-state index contributed by atoms with van der Waals surface area (Å²) in [5.41, 5.74) is 0.365. The van der Waals surface area contributed by atoms with E-state index in [1.54, 1.807) is 45.9 Å². The molecule has 1 aliphatic rings. The molecule has 0 saturated heterocycles. The number of alkyl carbamates (subject to hydrolysis) is 1. The lowest BCUT2D eigenvalue weighted by molar-refractivity contribution is -0.140. The van der Waals surface area contributed by atoms with Crippen LogP contribution in [0.5, 0.6) is 0 Å². The van der Waals surface area contributed by atoms with Gasteiger partial charge in [-0.05, 0) is 44.9 Å². The highest BCUT2D eigenvalue weighted by Gasteiger charge is 2.41. The van der Waals surface area contributed by atoms with Crippen LogP contribution in [-0.2, 0) is 20.7 Å². The quantitative estimate of drug-likeness (QED) is 0.834. The zero-order valence-electron chi connectivity index (χ0n) is 15.2. The summed E-state index contributed by atoms with van der Waals surface area (Å²) < 4.78 is 5.19. The molecular formula is C18H23ClN2O5. The van der Waals surface area contributed by atoms with Gasteiger partial charge in [0.15, 0.2) is 0 Å². The number of nitrogens with one attached hydrogen (secondary N) is 1. The first-order chi connectivity index (χ1) is 12.0. The largest absolute Gasteiger partial charge is 0.480 e.